The molecule has 2 aromatic carbocycles. The number of hydrogen-bond acceptors (Lipinski definition) is 1. The molecule has 2 aliphatic carbocycles. The molecule has 4 rings (SSSR count). The van der Waals surface area contributed by atoms with Crippen LogP contribution in [0.4, 0.5) is 0 Å². The number of rotatable bonds is 3. The molecule has 2 nitrogen and oxygen atoms in total. The molecule has 116 valence electrons. The molecule has 2 aromatic rings. The van der Waals surface area contributed by atoms with Crippen LogP contribution >= 0.6 is 0 Å². The molecule has 0 spiro atoms. The van der Waals surface area contributed by atoms with Gasteiger partial charge in [0.25, 0.3) is 0 Å². The zero-order chi connectivity index (χ0) is 16.0. The van der Waals surface area contributed by atoms with Gasteiger partial charge in [-0.1, -0.05) is 72.3 Å². The Morgan fingerprint density at radius 3 is 2.43 bits per heavy atom. The van der Waals surface area contributed by atoms with Crippen molar-refractivity contribution < 1.29 is 9.90 Å². The maximum absolute atomic E-state index is 12.2. The Hall–Kier alpha value is -2.35. The van der Waals surface area contributed by atoms with E-state index in [9.17, 15) is 9.90 Å². The molecule has 0 radical (unpaired) electrons. The van der Waals surface area contributed by atoms with Crippen LogP contribution in [0.2, 0.25) is 0 Å². The fourth-order valence-corrected chi connectivity index (χ4v) is 4.61. The minimum absolute atomic E-state index is 0.0556. The summed E-state index contributed by atoms with van der Waals surface area (Å²) in [6.07, 6.45) is 5.28. The summed E-state index contributed by atoms with van der Waals surface area (Å²) in [4.78, 5) is 12.2. The van der Waals surface area contributed by atoms with Gasteiger partial charge in [0.15, 0.2) is 0 Å². The molecule has 0 amide bonds. The number of carboxylic acid groups (broad SMARTS) is 1. The van der Waals surface area contributed by atoms with Crippen molar-refractivity contribution in [3.05, 3.63) is 83.4 Å². The van der Waals surface area contributed by atoms with E-state index in [2.05, 4.69) is 55.5 Å². The summed E-state index contributed by atoms with van der Waals surface area (Å²) < 4.78 is 0. The van der Waals surface area contributed by atoms with E-state index in [1.165, 1.54) is 5.56 Å². The number of benzene rings is 2. The lowest BCUT2D eigenvalue weighted by Crippen LogP contribution is -2.37. The second kappa shape index (κ2) is 5.09. The summed E-state index contributed by atoms with van der Waals surface area (Å²) in [6, 6.07) is 18.5. The third kappa shape index (κ3) is 2.05. The molecular weight excluding hydrogens is 284 g/mol. The molecular formula is C21H20O2. The number of allylic oxidation sites excluding steroid dienone is 2. The molecule has 2 heteroatoms. The van der Waals surface area contributed by atoms with E-state index < -0.39 is 11.9 Å². The van der Waals surface area contributed by atoms with Gasteiger partial charge < -0.3 is 5.11 Å². The average Bonchev–Trinajstić information content (AvgIpc) is 3.13. The van der Waals surface area contributed by atoms with Crippen molar-refractivity contribution in [2.45, 2.75) is 24.7 Å². The van der Waals surface area contributed by atoms with Gasteiger partial charge in [-0.25, -0.2) is 0 Å². The lowest BCUT2D eigenvalue weighted by atomic mass is 9.68. The number of hydrogen-bond donors (Lipinski definition) is 1. The van der Waals surface area contributed by atoms with Crippen molar-refractivity contribution in [2.24, 2.45) is 11.8 Å². The van der Waals surface area contributed by atoms with Crippen LogP contribution in [0.15, 0.2) is 66.7 Å². The highest BCUT2D eigenvalue weighted by Gasteiger charge is 2.59. The van der Waals surface area contributed by atoms with E-state index in [1.54, 1.807) is 0 Å². The largest absolute Gasteiger partial charge is 0.481 e. The van der Waals surface area contributed by atoms with Crippen LogP contribution in [-0.2, 0) is 10.2 Å². The van der Waals surface area contributed by atoms with E-state index in [4.69, 9.17) is 0 Å². The predicted octanol–water partition coefficient (Wildman–Crippen LogP) is 4.31. The van der Waals surface area contributed by atoms with E-state index in [-0.39, 0.29) is 11.3 Å². The summed E-state index contributed by atoms with van der Waals surface area (Å²) in [5.74, 6) is -0.728. The first kappa shape index (κ1) is 14.3. The van der Waals surface area contributed by atoms with Gasteiger partial charge >= 0.3 is 5.97 Å². The number of aliphatic carboxylic acids is 1. The Morgan fingerprint density at radius 2 is 1.78 bits per heavy atom. The molecule has 0 aliphatic heterocycles. The highest BCUT2D eigenvalue weighted by Crippen LogP contribution is 2.61. The highest BCUT2D eigenvalue weighted by molar-refractivity contribution is 5.77. The van der Waals surface area contributed by atoms with Crippen LogP contribution in [0.25, 0.3) is 0 Å². The lowest BCUT2D eigenvalue weighted by molar-refractivity contribution is -0.143. The highest BCUT2D eigenvalue weighted by atomic mass is 16.4. The fourth-order valence-electron chi connectivity index (χ4n) is 4.61. The van der Waals surface area contributed by atoms with Crippen molar-refractivity contribution in [3.63, 3.8) is 0 Å². The van der Waals surface area contributed by atoms with Crippen LogP contribution in [0.3, 0.4) is 0 Å². The van der Waals surface area contributed by atoms with Gasteiger partial charge in [-0.15, -0.1) is 0 Å². The Labute approximate surface area is 136 Å². The van der Waals surface area contributed by atoms with Crippen molar-refractivity contribution >= 4 is 5.97 Å². The van der Waals surface area contributed by atoms with Gasteiger partial charge in [-0.3, -0.25) is 4.79 Å². The molecule has 2 aliphatic rings. The summed E-state index contributed by atoms with van der Waals surface area (Å²) in [7, 11) is 0. The smallest absolute Gasteiger partial charge is 0.308 e. The SMILES string of the molecule is Cc1ccc(C23C=CC(C2)C(c2ccccc2)C3C(=O)O)cc1. The minimum atomic E-state index is -0.689. The predicted molar refractivity (Wildman–Crippen MR) is 90.4 cm³/mol. The molecule has 23 heavy (non-hydrogen) atoms. The number of fused-ring (bicyclic) bond motifs is 2. The number of carbonyl (C=O) groups is 1. The maximum atomic E-state index is 12.2. The zero-order valence-electron chi connectivity index (χ0n) is 13.1. The summed E-state index contributed by atoms with van der Waals surface area (Å²) in [6.45, 7) is 2.06. The molecule has 1 fully saturated rings. The molecule has 1 saturated carbocycles. The van der Waals surface area contributed by atoms with Gasteiger partial charge in [-0.05, 0) is 30.4 Å². The third-order valence-corrected chi connectivity index (χ3v) is 5.63. The minimum Gasteiger partial charge on any atom is -0.481 e. The number of aryl methyl sites for hydroxylation is 1. The second-order valence-corrected chi connectivity index (χ2v) is 6.89. The lowest BCUT2D eigenvalue weighted by Gasteiger charge is -2.34. The Morgan fingerprint density at radius 1 is 1.09 bits per heavy atom. The Kier molecular flexibility index (Phi) is 3.15. The van der Waals surface area contributed by atoms with Crippen molar-refractivity contribution in [3.8, 4) is 0 Å². The van der Waals surface area contributed by atoms with E-state index in [0.29, 0.717) is 5.92 Å². The van der Waals surface area contributed by atoms with E-state index >= 15 is 0 Å². The van der Waals surface area contributed by atoms with Crippen LogP contribution in [-0.4, -0.2) is 11.1 Å². The molecule has 0 aromatic heterocycles. The fraction of sp³-hybridized carbons (Fsp3) is 0.286. The first-order chi connectivity index (χ1) is 11.1. The topological polar surface area (TPSA) is 37.3 Å². The quantitative estimate of drug-likeness (QED) is 0.858. The van der Waals surface area contributed by atoms with Crippen molar-refractivity contribution in [2.75, 3.05) is 0 Å². The zero-order valence-corrected chi connectivity index (χ0v) is 13.1. The molecule has 4 atom stereocenters. The monoisotopic (exact) mass is 304 g/mol. The average molecular weight is 304 g/mol. The molecule has 0 saturated heterocycles. The normalized spacial score (nSPS) is 31.4. The van der Waals surface area contributed by atoms with Crippen LogP contribution in [0, 0.1) is 18.8 Å². The van der Waals surface area contributed by atoms with Gasteiger partial charge in [0, 0.05) is 11.3 Å². The third-order valence-electron chi connectivity index (χ3n) is 5.63. The van der Waals surface area contributed by atoms with E-state index in [0.717, 1.165) is 17.5 Å². The van der Waals surface area contributed by atoms with Gasteiger partial charge in [0.05, 0.1) is 5.92 Å². The van der Waals surface area contributed by atoms with Gasteiger partial charge in [0.1, 0.15) is 0 Å². The molecule has 1 N–H and O–H groups in total. The van der Waals surface area contributed by atoms with E-state index in [1.807, 2.05) is 18.2 Å². The molecule has 0 heterocycles. The summed E-state index contributed by atoms with van der Waals surface area (Å²) >= 11 is 0. The molecule has 2 bridgehead atoms. The van der Waals surface area contributed by atoms with Crippen LogP contribution in [0.5, 0.6) is 0 Å². The second-order valence-electron chi connectivity index (χ2n) is 6.89. The molecule has 4 unspecified atom stereocenters. The first-order valence-electron chi connectivity index (χ1n) is 8.16. The van der Waals surface area contributed by atoms with Crippen LogP contribution < -0.4 is 0 Å². The standard InChI is InChI=1S/C21H20O2/c1-14-7-9-17(10-8-14)21-12-11-16(13-21)18(19(21)20(22)23)15-5-3-2-4-6-15/h2-12,16,18-19H,13H2,1H3,(H,22,23). The van der Waals surface area contributed by atoms with Gasteiger partial charge in [0.2, 0.25) is 0 Å². The van der Waals surface area contributed by atoms with Gasteiger partial charge in [-0.2, -0.15) is 0 Å². The summed E-state index contributed by atoms with van der Waals surface area (Å²) in [5, 5.41) is 10.0. The van der Waals surface area contributed by atoms with Crippen molar-refractivity contribution in [1.29, 1.82) is 0 Å². The Balaban J connectivity index is 1.84. The Bertz CT molecular complexity index is 760. The maximum Gasteiger partial charge on any atom is 0.308 e. The van der Waals surface area contributed by atoms with Crippen molar-refractivity contribution in [1.82, 2.24) is 0 Å². The number of carboxylic acids is 1. The first-order valence-corrected chi connectivity index (χ1v) is 8.16. The van der Waals surface area contributed by atoms with Crippen LogP contribution in [0.1, 0.15) is 29.0 Å². The summed E-state index contributed by atoms with van der Waals surface area (Å²) in [5.41, 5.74) is 3.11.